The number of carbonyl (C=O) groups excluding carboxylic acids is 1. The first-order valence-electron chi connectivity index (χ1n) is 7.84. The standard InChI is InChI=1S/C19H17ClN2O3/c1-13(24-16-9-7-15(20)8-10-16)12-21-19(23)17-11-18(25-22-17)14-5-3-2-4-6-14/h2-11,13H,12H2,1H3,(H,21,23). The van der Waals surface area contributed by atoms with Gasteiger partial charge in [-0.25, -0.2) is 0 Å². The SMILES string of the molecule is CC(CNC(=O)c1cc(-c2ccccc2)on1)Oc1ccc(Cl)cc1. The third-order valence-electron chi connectivity index (χ3n) is 3.50. The smallest absolute Gasteiger partial charge is 0.273 e. The largest absolute Gasteiger partial charge is 0.489 e. The van der Waals surface area contributed by atoms with Crippen molar-refractivity contribution in [2.45, 2.75) is 13.0 Å². The Hall–Kier alpha value is -2.79. The van der Waals surface area contributed by atoms with Crippen molar-refractivity contribution >= 4 is 17.5 Å². The molecule has 1 atom stereocenters. The maximum Gasteiger partial charge on any atom is 0.273 e. The molecular formula is C19H17ClN2O3. The molecule has 0 radical (unpaired) electrons. The number of ether oxygens (including phenoxy) is 1. The van der Waals surface area contributed by atoms with E-state index in [-0.39, 0.29) is 17.7 Å². The van der Waals surface area contributed by atoms with Crippen LogP contribution >= 0.6 is 11.6 Å². The lowest BCUT2D eigenvalue weighted by Gasteiger charge is -2.15. The fourth-order valence-corrected chi connectivity index (χ4v) is 2.36. The highest BCUT2D eigenvalue weighted by molar-refractivity contribution is 6.30. The van der Waals surface area contributed by atoms with Gasteiger partial charge in [0.05, 0.1) is 6.54 Å². The van der Waals surface area contributed by atoms with E-state index in [1.165, 1.54) is 0 Å². The van der Waals surface area contributed by atoms with Crippen molar-refractivity contribution in [2.75, 3.05) is 6.54 Å². The molecule has 3 aromatic rings. The highest BCUT2D eigenvalue weighted by Crippen LogP contribution is 2.20. The van der Waals surface area contributed by atoms with Gasteiger partial charge in [-0.1, -0.05) is 47.1 Å². The van der Waals surface area contributed by atoms with Crippen LogP contribution in [-0.4, -0.2) is 23.7 Å². The van der Waals surface area contributed by atoms with Crippen LogP contribution in [0.25, 0.3) is 11.3 Å². The van der Waals surface area contributed by atoms with Crippen molar-refractivity contribution in [3.8, 4) is 17.1 Å². The van der Waals surface area contributed by atoms with E-state index in [1.807, 2.05) is 37.3 Å². The van der Waals surface area contributed by atoms with E-state index in [9.17, 15) is 4.79 Å². The zero-order valence-electron chi connectivity index (χ0n) is 13.6. The van der Waals surface area contributed by atoms with Crippen LogP contribution in [0, 0.1) is 0 Å². The van der Waals surface area contributed by atoms with Gasteiger partial charge in [-0.15, -0.1) is 0 Å². The molecule has 1 amide bonds. The summed E-state index contributed by atoms with van der Waals surface area (Å²) in [5.41, 5.74) is 1.10. The molecule has 1 unspecified atom stereocenters. The summed E-state index contributed by atoms with van der Waals surface area (Å²) in [6.45, 7) is 2.21. The fraction of sp³-hybridized carbons (Fsp3) is 0.158. The van der Waals surface area contributed by atoms with E-state index >= 15 is 0 Å². The van der Waals surface area contributed by atoms with Gasteiger partial charge in [0, 0.05) is 16.7 Å². The van der Waals surface area contributed by atoms with E-state index in [1.54, 1.807) is 30.3 Å². The van der Waals surface area contributed by atoms with Gasteiger partial charge in [0.1, 0.15) is 11.9 Å². The Kier molecular flexibility index (Phi) is 5.36. The van der Waals surface area contributed by atoms with Gasteiger partial charge in [0.2, 0.25) is 0 Å². The molecule has 25 heavy (non-hydrogen) atoms. The zero-order chi connectivity index (χ0) is 17.6. The molecule has 3 rings (SSSR count). The zero-order valence-corrected chi connectivity index (χ0v) is 14.4. The van der Waals surface area contributed by atoms with Gasteiger partial charge >= 0.3 is 0 Å². The summed E-state index contributed by atoms with van der Waals surface area (Å²) in [7, 11) is 0. The van der Waals surface area contributed by atoms with Gasteiger partial charge in [-0.3, -0.25) is 4.79 Å². The van der Waals surface area contributed by atoms with Crippen LogP contribution in [0.15, 0.2) is 65.2 Å². The van der Waals surface area contributed by atoms with E-state index in [0.717, 1.165) is 5.56 Å². The number of aromatic nitrogens is 1. The summed E-state index contributed by atoms with van der Waals surface area (Å²) in [5, 5.41) is 7.25. The second kappa shape index (κ2) is 7.85. The third-order valence-corrected chi connectivity index (χ3v) is 3.75. The van der Waals surface area contributed by atoms with E-state index < -0.39 is 0 Å². The Morgan fingerprint density at radius 2 is 1.92 bits per heavy atom. The number of benzene rings is 2. The summed E-state index contributed by atoms with van der Waals surface area (Å²) in [5.74, 6) is 0.938. The Morgan fingerprint density at radius 3 is 2.64 bits per heavy atom. The molecule has 1 N–H and O–H groups in total. The van der Waals surface area contributed by atoms with Gasteiger partial charge in [0.15, 0.2) is 11.5 Å². The molecule has 0 saturated carbocycles. The minimum atomic E-state index is -0.308. The molecule has 0 spiro atoms. The molecule has 1 heterocycles. The monoisotopic (exact) mass is 356 g/mol. The maximum absolute atomic E-state index is 12.2. The first-order valence-corrected chi connectivity index (χ1v) is 8.22. The molecule has 128 valence electrons. The van der Waals surface area contributed by atoms with Gasteiger partial charge in [-0.2, -0.15) is 0 Å². The van der Waals surface area contributed by atoms with Crippen molar-refractivity contribution in [3.63, 3.8) is 0 Å². The lowest BCUT2D eigenvalue weighted by Crippen LogP contribution is -2.33. The average Bonchev–Trinajstić information content (AvgIpc) is 3.13. The number of hydrogen-bond acceptors (Lipinski definition) is 4. The maximum atomic E-state index is 12.2. The average molecular weight is 357 g/mol. The van der Waals surface area contributed by atoms with Crippen LogP contribution in [0.4, 0.5) is 0 Å². The Bertz CT molecular complexity index is 831. The topological polar surface area (TPSA) is 64.4 Å². The summed E-state index contributed by atoms with van der Waals surface area (Å²) >= 11 is 5.84. The Labute approximate surface area is 150 Å². The van der Waals surface area contributed by atoms with Crippen LogP contribution in [0.3, 0.4) is 0 Å². The van der Waals surface area contributed by atoms with E-state index in [0.29, 0.717) is 23.1 Å². The number of hydrogen-bond donors (Lipinski definition) is 1. The van der Waals surface area contributed by atoms with Crippen molar-refractivity contribution in [1.29, 1.82) is 0 Å². The molecule has 6 heteroatoms. The Morgan fingerprint density at radius 1 is 1.20 bits per heavy atom. The van der Waals surface area contributed by atoms with Crippen LogP contribution in [-0.2, 0) is 0 Å². The lowest BCUT2D eigenvalue weighted by molar-refractivity contribution is 0.0923. The molecule has 0 bridgehead atoms. The number of rotatable bonds is 6. The highest BCUT2D eigenvalue weighted by Gasteiger charge is 2.14. The quantitative estimate of drug-likeness (QED) is 0.719. The van der Waals surface area contributed by atoms with E-state index in [4.69, 9.17) is 20.9 Å². The molecule has 5 nitrogen and oxygen atoms in total. The van der Waals surface area contributed by atoms with Crippen molar-refractivity contribution in [3.05, 3.63) is 71.4 Å². The van der Waals surface area contributed by atoms with Gasteiger partial charge in [-0.05, 0) is 31.2 Å². The molecule has 0 fully saturated rings. The van der Waals surface area contributed by atoms with Gasteiger partial charge in [0.25, 0.3) is 5.91 Å². The number of carbonyl (C=O) groups is 1. The predicted octanol–water partition coefficient (Wildman–Crippen LogP) is 4.19. The molecule has 0 aliphatic carbocycles. The predicted molar refractivity (Wildman–Crippen MR) is 95.8 cm³/mol. The lowest BCUT2D eigenvalue weighted by atomic mass is 10.1. The molecule has 0 aliphatic rings. The van der Waals surface area contributed by atoms with Crippen LogP contribution in [0.5, 0.6) is 5.75 Å². The van der Waals surface area contributed by atoms with Crippen molar-refractivity contribution in [2.24, 2.45) is 0 Å². The summed E-state index contributed by atoms with van der Waals surface area (Å²) in [4.78, 5) is 12.2. The molecule has 0 saturated heterocycles. The van der Waals surface area contributed by atoms with Crippen LogP contribution < -0.4 is 10.1 Å². The Balaban J connectivity index is 1.54. The first-order chi connectivity index (χ1) is 12.1. The highest BCUT2D eigenvalue weighted by atomic mass is 35.5. The fourth-order valence-electron chi connectivity index (χ4n) is 2.23. The molecule has 1 aromatic heterocycles. The number of nitrogens with zero attached hydrogens (tertiary/aromatic N) is 1. The van der Waals surface area contributed by atoms with Crippen LogP contribution in [0.2, 0.25) is 5.02 Å². The normalized spacial score (nSPS) is 11.8. The molecular weight excluding hydrogens is 340 g/mol. The number of halogens is 1. The summed E-state index contributed by atoms with van der Waals surface area (Å²) in [6, 6.07) is 18.2. The number of amides is 1. The third kappa shape index (κ3) is 4.61. The first kappa shape index (κ1) is 17.0. The summed E-state index contributed by atoms with van der Waals surface area (Å²) < 4.78 is 10.9. The molecule has 2 aromatic carbocycles. The second-order valence-electron chi connectivity index (χ2n) is 5.53. The minimum Gasteiger partial charge on any atom is -0.489 e. The summed E-state index contributed by atoms with van der Waals surface area (Å²) in [6.07, 6.45) is -0.203. The van der Waals surface area contributed by atoms with E-state index in [2.05, 4.69) is 10.5 Å². The second-order valence-corrected chi connectivity index (χ2v) is 5.97. The van der Waals surface area contributed by atoms with Crippen LogP contribution in [0.1, 0.15) is 17.4 Å². The molecule has 0 aliphatic heterocycles. The van der Waals surface area contributed by atoms with Gasteiger partial charge < -0.3 is 14.6 Å². The minimum absolute atomic E-state index is 0.203. The van der Waals surface area contributed by atoms with Crippen molar-refractivity contribution < 1.29 is 14.1 Å². The number of nitrogens with one attached hydrogen (secondary N) is 1. The van der Waals surface area contributed by atoms with Crippen molar-refractivity contribution in [1.82, 2.24) is 10.5 Å².